The molecule has 1 aliphatic rings. The molecule has 1 fully saturated rings. The van der Waals surface area contributed by atoms with Crippen LogP contribution in [0.2, 0.25) is 0 Å². The van der Waals surface area contributed by atoms with Gasteiger partial charge in [0.25, 0.3) is 5.56 Å². The van der Waals surface area contributed by atoms with Gasteiger partial charge in [-0.25, -0.2) is 18.5 Å². The smallest absolute Gasteiger partial charge is 0.344 e. The molecule has 0 radical (unpaired) electrons. The van der Waals surface area contributed by atoms with Crippen molar-refractivity contribution in [1.82, 2.24) is 9.55 Å². The summed E-state index contributed by atoms with van der Waals surface area (Å²) in [4.78, 5) is 51.1. The highest BCUT2D eigenvalue weighted by Crippen LogP contribution is 2.34. The minimum absolute atomic E-state index is 0.175. The highest BCUT2D eigenvalue weighted by Gasteiger charge is 2.49. The summed E-state index contributed by atoms with van der Waals surface area (Å²) in [5.74, 6) is -1.26. The lowest BCUT2D eigenvalue weighted by Gasteiger charge is -2.19. The third kappa shape index (κ3) is 6.87. The molecule has 196 valence electrons. The van der Waals surface area contributed by atoms with Crippen LogP contribution in [0.3, 0.4) is 0 Å². The summed E-state index contributed by atoms with van der Waals surface area (Å²) in [7, 11) is 1.72. The summed E-state index contributed by atoms with van der Waals surface area (Å²) in [6.45, 7) is 3.21. The molecule has 0 bridgehead atoms. The Balaban J connectivity index is 1.75. The van der Waals surface area contributed by atoms with E-state index >= 15 is 4.39 Å². The first kappa shape index (κ1) is 27.3. The first-order chi connectivity index (χ1) is 17.2. The van der Waals surface area contributed by atoms with Gasteiger partial charge in [-0.3, -0.25) is 19.1 Å². The molecule has 11 heteroatoms. The fraction of sp³-hybridized carbons (Fsp3) is 0.560. The Morgan fingerprint density at radius 3 is 2.69 bits per heavy atom. The van der Waals surface area contributed by atoms with E-state index in [9.17, 15) is 19.2 Å². The molecule has 0 amide bonds. The number of unbranched alkanes of at least 4 members (excludes halogenated alkanes) is 4. The molecule has 36 heavy (non-hydrogen) atoms. The number of pyridine rings is 1. The van der Waals surface area contributed by atoms with Crippen molar-refractivity contribution >= 4 is 11.9 Å². The second-order valence-electron chi connectivity index (χ2n) is 8.96. The zero-order chi connectivity index (χ0) is 26.2. The number of hydrogen-bond donors (Lipinski definition) is 1. The van der Waals surface area contributed by atoms with E-state index in [2.05, 4.69) is 11.9 Å². The number of nitrogens with zero attached hydrogens (tertiary/aromatic N) is 2. The number of aromatic nitrogens is 3. The standard InChI is InChI=1S/C25H32FN3O7/c1-4-5-6-7-8-11-19(30)34-15-18-21(36-24(32)17-10-9-12-28(3)14-17)20(26)23(35-18)29-13-16(2)22(31)27-25(29)33/h9-10,12-14,18,20-21,23H,4-8,11,15H2,1-3H3/p+1/t18-,20+,21-,23-/m1/s1. The van der Waals surface area contributed by atoms with Crippen LogP contribution in [-0.2, 0) is 26.1 Å². The molecule has 0 aromatic carbocycles. The molecule has 10 nitrogen and oxygen atoms in total. The van der Waals surface area contributed by atoms with Gasteiger partial charge in [-0.2, -0.15) is 0 Å². The van der Waals surface area contributed by atoms with Crippen LogP contribution in [0, 0.1) is 6.92 Å². The number of nitrogens with one attached hydrogen (secondary N) is 1. The molecule has 0 unspecified atom stereocenters. The van der Waals surface area contributed by atoms with E-state index in [1.54, 1.807) is 23.9 Å². The molecular formula is C25H33FN3O7+. The summed E-state index contributed by atoms with van der Waals surface area (Å²) in [6, 6.07) is 3.16. The van der Waals surface area contributed by atoms with Gasteiger partial charge in [0.05, 0.1) is 0 Å². The minimum Gasteiger partial charge on any atom is -0.463 e. The molecule has 1 aliphatic heterocycles. The molecule has 0 saturated carbocycles. The van der Waals surface area contributed by atoms with Crippen LogP contribution in [0.1, 0.15) is 67.6 Å². The van der Waals surface area contributed by atoms with Crippen molar-refractivity contribution in [2.45, 2.75) is 77.0 Å². The van der Waals surface area contributed by atoms with Crippen molar-refractivity contribution in [3.63, 3.8) is 0 Å². The number of carbonyl (C=O) groups excluding carboxylic acids is 2. The molecule has 2 aromatic heterocycles. The lowest BCUT2D eigenvalue weighted by Crippen LogP contribution is -2.39. The van der Waals surface area contributed by atoms with Gasteiger partial charge in [0.2, 0.25) is 0 Å². The van der Waals surface area contributed by atoms with Gasteiger partial charge in [-0.1, -0.05) is 32.6 Å². The molecule has 3 rings (SSSR count). The van der Waals surface area contributed by atoms with E-state index < -0.39 is 47.8 Å². The lowest BCUT2D eigenvalue weighted by atomic mass is 10.1. The van der Waals surface area contributed by atoms with Gasteiger partial charge in [-0.15, -0.1) is 0 Å². The average Bonchev–Trinajstić information content (AvgIpc) is 3.14. The van der Waals surface area contributed by atoms with Crippen molar-refractivity contribution < 1.29 is 32.8 Å². The van der Waals surface area contributed by atoms with E-state index in [-0.39, 0.29) is 24.2 Å². The van der Waals surface area contributed by atoms with Crippen LogP contribution in [-0.4, -0.2) is 46.5 Å². The molecule has 3 heterocycles. The van der Waals surface area contributed by atoms with Crippen LogP contribution < -0.4 is 15.8 Å². The second kappa shape index (κ2) is 12.6. The van der Waals surface area contributed by atoms with E-state index in [4.69, 9.17) is 14.2 Å². The van der Waals surface area contributed by atoms with Gasteiger partial charge in [0.15, 0.2) is 30.9 Å². The third-order valence-electron chi connectivity index (χ3n) is 6.00. The van der Waals surface area contributed by atoms with E-state index in [1.807, 2.05) is 0 Å². The van der Waals surface area contributed by atoms with Crippen molar-refractivity contribution in [1.29, 1.82) is 0 Å². The molecule has 2 aromatic rings. The highest BCUT2D eigenvalue weighted by molar-refractivity contribution is 5.88. The van der Waals surface area contributed by atoms with Crippen LogP contribution in [0.15, 0.2) is 40.3 Å². The van der Waals surface area contributed by atoms with Crippen LogP contribution >= 0.6 is 0 Å². The molecule has 4 atom stereocenters. The number of rotatable bonds is 11. The number of H-pyrrole nitrogens is 1. The quantitative estimate of drug-likeness (QED) is 0.281. The van der Waals surface area contributed by atoms with Crippen LogP contribution in [0.5, 0.6) is 0 Å². The summed E-state index contributed by atoms with van der Waals surface area (Å²) >= 11 is 0. The van der Waals surface area contributed by atoms with Gasteiger partial charge in [0, 0.05) is 24.2 Å². The van der Waals surface area contributed by atoms with E-state index in [1.165, 1.54) is 25.4 Å². The maximum atomic E-state index is 15.6. The molecular weight excluding hydrogens is 473 g/mol. The van der Waals surface area contributed by atoms with Crippen molar-refractivity contribution in [2.75, 3.05) is 6.61 Å². The summed E-state index contributed by atoms with van der Waals surface area (Å²) in [6.07, 6.45) is 3.36. The highest BCUT2D eigenvalue weighted by atomic mass is 19.1. The normalized spacial score (nSPS) is 21.3. The molecule has 0 aliphatic carbocycles. The number of aromatic amines is 1. The first-order valence-corrected chi connectivity index (χ1v) is 12.1. The molecule has 1 saturated heterocycles. The monoisotopic (exact) mass is 506 g/mol. The maximum Gasteiger partial charge on any atom is 0.344 e. The van der Waals surface area contributed by atoms with Crippen molar-refractivity contribution in [2.24, 2.45) is 7.05 Å². The zero-order valence-electron chi connectivity index (χ0n) is 20.8. The Hall–Kier alpha value is -3.34. The summed E-state index contributed by atoms with van der Waals surface area (Å²) < 4.78 is 34.6. The van der Waals surface area contributed by atoms with E-state index in [0.29, 0.717) is 6.42 Å². The fourth-order valence-electron chi connectivity index (χ4n) is 3.99. The van der Waals surface area contributed by atoms with Gasteiger partial charge < -0.3 is 14.2 Å². The third-order valence-corrected chi connectivity index (χ3v) is 6.00. The average molecular weight is 507 g/mol. The number of carbonyl (C=O) groups is 2. The largest absolute Gasteiger partial charge is 0.463 e. The lowest BCUT2D eigenvalue weighted by molar-refractivity contribution is -0.671. The maximum absolute atomic E-state index is 15.6. The Kier molecular flexibility index (Phi) is 9.51. The Bertz CT molecular complexity index is 1180. The van der Waals surface area contributed by atoms with Gasteiger partial charge >= 0.3 is 17.6 Å². The number of ether oxygens (including phenoxy) is 3. The minimum atomic E-state index is -1.97. The fourth-order valence-corrected chi connectivity index (χ4v) is 3.99. The molecule has 0 spiro atoms. The number of esters is 2. The SMILES string of the molecule is CCCCCCCC(=O)OC[C@H]1O[C@@H](n2cc(C)c(=O)[nH]c2=O)[C@@H](F)[C@@H]1OC(=O)c1ccc[n+](C)c1. The predicted molar refractivity (Wildman–Crippen MR) is 126 cm³/mol. The Morgan fingerprint density at radius 1 is 1.22 bits per heavy atom. The Labute approximate surface area is 208 Å². The van der Waals surface area contributed by atoms with Gasteiger partial charge in [-0.05, 0) is 19.4 Å². The van der Waals surface area contributed by atoms with Gasteiger partial charge in [0.1, 0.15) is 25.3 Å². The second-order valence-corrected chi connectivity index (χ2v) is 8.96. The first-order valence-electron chi connectivity index (χ1n) is 12.1. The van der Waals surface area contributed by atoms with Crippen LogP contribution in [0.25, 0.3) is 0 Å². The van der Waals surface area contributed by atoms with Crippen molar-refractivity contribution in [3.05, 3.63) is 62.7 Å². The van der Waals surface area contributed by atoms with Crippen LogP contribution in [0.4, 0.5) is 4.39 Å². The zero-order valence-corrected chi connectivity index (χ0v) is 20.8. The predicted octanol–water partition coefficient (Wildman–Crippen LogP) is 2.03. The summed E-state index contributed by atoms with van der Waals surface area (Å²) in [5.41, 5.74) is -1.11. The number of alkyl halides is 1. The molecule has 1 N–H and O–H groups in total. The van der Waals surface area contributed by atoms with E-state index in [0.717, 1.165) is 30.3 Å². The number of aryl methyl sites for hydroxylation is 2. The van der Waals surface area contributed by atoms with Crippen molar-refractivity contribution in [3.8, 4) is 0 Å². The number of halogens is 1. The Morgan fingerprint density at radius 2 is 1.97 bits per heavy atom. The summed E-state index contributed by atoms with van der Waals surface area (Å²) in [5, 5.41) is 0. The number of hydrogen-bond acceptors (Lipinski definition) is 7. The topological polar surface area (TPSA) is 121 Å².